The zero-order valence-corrected chi connectivity index (χ0v) is 9.88. The molecule has 0 bridgehead atoms. The van der Waals surface area contributed by atoms with Gasteiger partial charge < -0.3 is 9.73 Å². The third-order valence-electron chi connectivity index (χ3n) is 3.36. The molecule has 3 rings (SSSR count). The molecular weight excluding hydrogens is 214 g/mol. The van der Waals surface area contributed by atoms with Gasteiger partial charge in [0.25, 0.3) is 0 Å². The first-order chi connectivity index (χ1) is 8.24. The number of anilines is 1. The minimum absolute atomic E-state index is 0.274. The van der Waals surface area contributed by atoms with Crippen LogP contribution in [0, 0.1) is 6.92 Å². The van der Waals surface area contributed by atoms with Crippen molar-refractivity contribution >= 4 is 16.7 Å². The monoisotopic (exact) mass is 229 g/mol. The molecule has 0 unspecified atom stereocenters. The van der Waals surface area contributed by atoms with Crippen molar-refractivity contribution in [2.75, 3.05) is 11.9 Å². The fraction of sp³-hybridized carbons (Fsp3) is 0.357. The van der Waals surface area contributed by atoms with Gasteiger partial charge in [0, 0.05) is 29.8 Å². The molecule has 17 heavy (non-hydrogen) atoms. The maximum absolute atomic E-state index is 11.4. The summed E-state index contributed by atoms with van der Waals surface area (Å²) in [5.74, 6) is 0. The number of hydrogen-bond donors (Lipinski definition) is 1. The largest absolute Gasteiger partial charge is 0.423 e. The molecule has 1 N–H and O–H groups in total. The van der Waals surface area contributed by atoms with E-state index in [1.54, 1.807) is 6.07 Å². The first-order valence-electron chi connectivity index (χ1n) is 6.05. The molecule has 0 spiro atoms. The molecule has 1 aliphatic heterocycles. The first kappa shape index (κ1) is 10.4. The van der Waals surface area contributed by atoms with E-state index in [2.05, 4.69) is 11.4 Å². The predicted molar refractivity (Wildman–Crippen MR) is 68.6 cm³/mol. The first-order valence-corrected chi connectivity index (χ1v) is 6.05. The highest BCUT2D eigenvalue weighted by molar-refractivity contribution is 5.85. The summed E-state index contributed by atoms with van der Waals surface area (Å²) in [6.07, 6.45) is 3.49. The molecule has 0 amide bonds. The average molecular weight is 229 g/mol. The second kappa shape index (κ2) is 3.91. The molecule has 0 saturated heterocycles. The van der Waals surface area contributed by atoms with Crippen molar-refractivity contribution in [2.24, 2.45) is 0 Å². The molecule has 2 heterocycles. The summed E-state index contributed by atoms with van der Waals surface area (Å²) in [4.78, 5) is 11.4. The lowest BCUT2D eigenvalue weighted by molar-refractivity contribution is 0.560. The van der Waals surface area contributed by atoms with Gasteiger partial charge in [-0.15, -0.1) is 0 Å². The van der Waals surface area contributed by atoms with Crippen LogP contribution in [0.5, 0.6) is 0 Å². The van der Waals surface area contributed by atoms with Crippen LogP contribution in [0.25, 0.3) is 11.0 Å². The van der Waals surface area contributed by atoms with Crippen molar-refractivity contribution in [1.29, 1.82) is 0 Å². The minimum Gasteiger partial charge on any atom is -0.423 e. The highest BCUT2D eigenvalue weighted by Gasteiger charge is 2.11. The summed E-state index contributed by atoms with van der Waals surface area (Å²) in [7, 11) is 0. The van der Waals surface area contributed by atoms with Crippen molar-refractivity contribution in [3.05, 3.63) is 39.7 Å². The Kier molecular flexibility index (Phi) is 2.39. The van der Waals surface area contributed by atoms with E-state index >= 15 is 0 Å². The third-order valence-corrected chi connectivity index (χ3v) is 3.36. The van der Waals surface area contributed by atoms with Gasteiger partial charge >= 0.3 is 5.63 Å². The number of hydrogen-bond acceptors (Lipinski definition) is 3. The van der Waals surface area contributed by atoms with Gasteiger partial charge in [0.2, 0.25) is 0 Å². The Balaban J connectivity index is 2.29. The lowest BCUT2D eigenvalue weighted by atomic mass is 10.0. The number of rotatable bonds is 0. The molecular formula is C14H15NO2. The van der Waals surface area contributed by atoms with Gasteiger partial charge in [-0.25, -0.2) is 4.79 Å². The molecule has 2 aromatic rings. The zero-order chi connectivity index (χ0) is 11.8. The Morgan fingerprint density at radius 3 is 3.00 bits per heavy atom. The van der Waals surface area contributed by atoms with E-state index in [1.807, 2.05) is 13.0 Å². The number of benzene rings is 1. The molecule has 3 nitrogen and oxygen atoms in total. The van der Waals surface area contributed by atoms with Crippen LogP contribution in [0.3, 0.4) is 0 Å². The van der Waals surface area contributed by atoms with E-state index in [4.69, 9.17) is 4.42 Å². The Morgan fingerprint density at radius 2 is 2.12 bits per heavy atom. The van der Waals surface area contributed by atoms with Crippen LogP contribution in [0.15, 0.2) is 27.4 Å². The maximum Gasteiger partial charge on any atom is 0.336 e. The van der Waals surface area contributed by atoms with Crippen LogP contribution in [-0.2, 0) is 6.42 Å². The second-order valence-electron chi connectivity index (χ2n) is 4.64. The Hall–Kier alpha value is -1.77. The zero-order valence-electron chi connectivity index (χ0n) is 9.88. The lowest BCUT2D eigenvalue weighted by Crippen LogP contribution is -2.02. The van der Waals surface area contributed by atoms with E-state index in [0.717, 1.165) is 29.6 Å². The quantitative estimate of drug-likeness (QED) is 0.706. The van der Waals surface area contributed by atoms with Gasteiger partial charge in [0.05, 0.1) is 0 Å². The molecule has 1 aromatic carbocycles. The maximum atomic E-state index is 11.4. The van der Waals surface area contributed by atoms with Gasteiger partial charge in [-0.1, -0.05) is 0 Å². The molecule has 1 aromatic heterocycles. The Labute approximate surface area is 99.4 Å². The van der Waals surface area contributed by atoms with Gasteiger partial charge in [0.1, 0.15) is 5.58 Å². The van der Waals surface area contributed by atoms with Crippen LogP contribution in [0.2, 0.25) is 0 Å². The van der Waals surface area contributed by atoms with Crippen LogP contribution in [0.1, 0.15) is 24.0 Å². The molecule has 0 fully saturated rings. The standard InChI is InChI=1S/C14H15NO2/c1-9-6-14(16)17-13-8-12-10(7-11(9)13)4-2-3-5-15-12/h6-8,15H,2-5H2,1H3. The van der Waals surface area contributed by atoms with Crippen molar-refractivity contribution in [3.8, 4) is 0 Å². The van der Waals surface area contributed by atoms with Gasteiger partial charge in [-0.2, -0.15) is 0 Å². The number of aryl methyl sites for hydroxylation is 2. The fourth-order valence-corrected chi connectivity index (χ4v) is 2.44. The van der Waals surface area contributed by atoms with E-state index in [1.165, 1.54) is 18.4 Å². The normalized spacial score (nSPS) is 15.1. The second-order valence-corrected chi connectivity index (χ2v) is 4.64. The minimum atomic E-state index is -0.274. The van der Waals surface area contributed by atoms with E-state index in [-0.39, 0.29) is 5.63 Å². The summed E-state index contributed by atoms with van der Waals surface area (Å²) in [6, 6.07) is 5.67. The summed E-state index contributed by atoms with van der Waals surface area (Å²) in [6.45, 7) is 2.95. The molecule has 0 aliphatic carbocycles. The summed E-state index contributed by atoms with van der Waals surface area (Å²) < 4.78 is 5.25. The summed E-state index contributed by atoms with van der Waals surface area (Å²) in [5, 5.41) is 4.44. The highest BCUT2D eigenvalue weighted by atomic mass is 16.4. The van der Waals surface area contributed by atoms with Crippen molar-refractivity contribution < 1.29 is 4.42 Å². The highest BCUT2D eigenvalue weighted by Crippen LogP contribution is 2.28. The summed E-state index contributed by atoms with van der Waals surface area (Å²) >= 11 is 0. The topological polar surface area (TPSA) is 42.2 Å². The summed E-state index contributed by atoms with van der Waals surface area (Å²) in [5.41, 5.74) is 3.84. The van der Waals surface area contributed by atoms with Crippen molar-refractivity contribution in [1.82, 2.24) is 0 Å². The van der Waals surface area contributed by atoms with E-state index in [9.17, 15) is 4.79 Å². The Bertz CT molecular complexity index is 628. The van der Waals surface area contributed by atoms with Crippen LogP contribution in [-0.4, -0.2) is 6.54 Å². The number of fused-ring (bicyclic) bond motifs is 2. The number of nitrogens with one attached hydrogen (secondary N) is 1. The van der Waals surface area contributed by atoms with Crippen LogP contribution >= 0.6 is 0 Å². The smallest absolute Gasteiger partial charge is 0.336 e. The van der Waals surface area contributed by atoms with Gasteiger partial charge in [-0.05, 0) is 43.4 Å². The van der Waals surface area contributed by atoms with Gasteiger partial charge in [-0.3, -0.25) is 0 Å². The van der Waals surface area contributed by atoms with E-state index < -0.39 is 0 Å². The third kappa shape index (κ3) is 1.82. The van der Waals surface area contributed by atoms with E-state index in [0.29, 0.717) is 5.58 Å². The Morgan fingerprint density at radius 1 is 1.24 bits per heavy atom. The SMILES string of the molecule is Cc1cc(=O)oc2cc3c(cc12)CCCCN3. The van der Waals surface area contributed by atoms with Gasteiger partial charge in [0.15, 0.2) is 0 Å². The molecule has 0 radical (unpaired) electrons. The van der Waals surface area contributed by atoms with Crippen LogP contribution in [0.4, 0.5) is 5.69 Å². The van der Waals surface area contributed by atoms with Crippen molar-refractivity contribution in [2.45, 2.75) is 26.2 Å². The lowest BCUT2D eigenvalue weighted by Gasteiger charge is -2.09. The van der Waals surface area contributed by atoms with Crippen molar-refractivity contribution in [3.63, 3.8) is 0 Å². The predicted octanol–water partition coefficient (Wildman–Crippen LogP) is 2.85. The molecule has 1 aliphatic rings. The average Bonchev–Trinajstić information content (AvgIpc) is 2.51. The molecule has 3 heteroatoms. The molecule has 88 valence electrons. The van der Waals surface area contributed by atoms with Crippen LogP contribution < -0.4 is 10.9 Å². The fourth-order valence-electron chi connectivity index (χ4n) is 2.44. The molecule has 0 atom stereocenters. The molecule has 0 saturated carbocycles.